The van der Waals surface area contributed by atoms with E-state index in [2.05, 4.69) is 49.0 Å². The summed E-state index contributed by atoms with van der Waals surface area (Å²) in [5, 5.41) is 3.41. The predicted octanol–water partition coefficient (Wildman–Crippen LogP) is 2.94. The summed E-state index contributed by atoms with van der Waals surface area (Å²) in [5.74, 6) is 2.37. The van der Waals surface area contributed by atoms with Crippen LogP contribution in [-0.2, 0) is 11.3 Å². The molecule has 0 spiro atoms. The van der Waals surface area contributed by atoms with Gasteiger partial charge < -0.3 is 15.0 Å². The number of pyridine rings is 1. The quantitative estimate of drug-likeness (QED) is 0.673. The summed E-state index contributed by atoms with van der Waals surface area (Å²) < 4.78 is 5.07. The van der Waals surface area contributed by atoms with Crippen molar-refractivity contribution < 1.29 is 4.74 Å². The molecule has 0 aliphatic rings. The van der Waals surface area contributed by atoms with Gasteiger partial charge in [-0.1, -0.05) is 33.8 Å². The smallest absolute Gasteiger partial charge is 0.133 e. The number of hydrogen-bond donors (Lipinski definition) is 1. The molecular formula is C17H31N3O. The SMILES string of the molecule is COCCNCc1cccnc1N(CC(C)C)CC(C)C. The van der Waals surface area contributed by atoms with Crippen LogP contribution in [0.5, 0.6) is 0 Å². The topological polar surface area (TPSA) is 37.4 Å². The first-order valence-corrected chi connectivity index (χ1v) is 7.93. The van der Waals surface area contributed by atoms with Crippen LogP contribution in [0.2, 0.25) is 0 Å². The fraction of sp³-hybridized carbons (Fsp3) is 0.706. The van der Waals surface area contributed by atoms with E-state index in [1.165, 1.54) is 5.56 Å². The van der Waals surface area contributed by atoms with Crippen LogP contribution < -0.4 is 10.2 Å². The minimum Gasteiger partial charge on any atom is -0.383 e. The van der Waals surface area contributed by atoms with Gasteiger partial charge in [0.15, 0.2) is 0 Å². The average Bonchev–Trinajstić information content (AvgIpc) is 2.42. The molecule has 0 amide bonds. The van der Waals surface area contributed by atoms with Gasteiger partial charge in [-0.15, -0.1) is 0 Å². The molecule has 0 fully saturated rings. The van der Waals surface area contributed by atoms with Gasteiger partial charge in [0.25, 0.3) is 0 Å². The van der Waals surface area contributed by atoms with Crippen molar-refractivity contribution in [3.63, 3.8) is 0 Å². The molecule has 1 aromatic heterocycles. The highest BCUT2D eigenvalue weighted by molar-refractivity contribution is 5.46. The number of nitrogens with zero attached hydrogens (tertiary/aromatic N) is 2. The van der Waals surface area contributed by atoms with Crippen molar-refractivity contribution in [1.82, 2.24) is 10.3 Å². The molecule has 0 aromatic carbocycles. The van der Waals surface area contributed by atoms with Crippen LogP contribution in [0, 0.1) is 11.8 Å². The highest BCUT2D eigenvalue weighted by Crippen LogP contribution is 2.19. The van der Waals surface area contributed by atoms with Gasteiger partial charge in [-0.05, 0) is 17.9 Å². The number of methoxy groups -OCH3 is 1. The van der Waals surface area contributed by atoms with Crippen LogP contribution in [0.3, 0.4) is 0 Å². The van der Waals surface area contributed by atoms with Gasteiger partial charge in [0.1, 0.15) is 5.82 Å². The number of aromatic nitrogens is 1. The van der Waals surface area contributed by atoms with Gasteiger partial charge in [-0.3, -0.25) is 0 Å². The Bertz CT molecular complexity index is 383. The number of rotatable bonds is 10. The Morgan fingerprint density at radius 3 is 2.43 bits per heavy atom. The van der Waals surface area contributed by atoms with Crippen LogP contribution >= 0.6 is 0 Å². The fourth-order valence-electron chi connectivity index (χ4n) is 2.38. The van der Waals surface area contributed by atoms with Crippen LogP contribution in [0.4, 0.5) is 5.82 Å². The lowest BCUT2D eigenvalue weighted by Gasteiger charge is -2.29. The summed E-state index contributed by atoms with van der Waals surface area (Å²) >= 11 is 0. The second-order valence-corrected chi connectivity index (χ2v) is 6.35. The first kappa shape index (κ1) is 17.9. The van der Waals surface area contributed by atoms with Crippen LogP contribution in [0.1, 0.15) is 33.3 Å². The largest absolute Gasteiger partial charge is 0.383 e. The molecule has 120 valence electrons. The maximum Gasteiger partial charge on any atom is 0.133 e. The molecule has 0 bridgehead atoms. The first-order valence-electron chi connectivity index (χ1n) is 7.93. The van der Waals surface area contributed by atoms with E-state index >= 15 is 0 Å². The molecule has 0 aliphatic heterocycles. The van der Waals surface area contributed by atoms with Crippen molar-refractivity contribution in [2.24, 2.45) is 11.8 Å². The van der Waals surface area contributed by atoms with Gasteiger partial charge in [-0.25, -0.2) is 4.98 Å². The lowest BCUT2D eigenvalue weighted by atomic mass is 10.1. The van der Waals surface area contributed by atoms with Gasteiger partial charge in [0.05, 0.1) is 6.61 Å². The Morgan fingerprint density at radius 2 is 1.86 bits per heavy atom. The number of anilines is 1. The molecular weight excluding hydrogens is 262 g/mol. The van der Waals surface area contributed by atoms with E-state index in [1.54, 1.807) is 7.11 Å². The first-order chi connectivity index (χ1) is 10.0. The van der Waals surface area contributed by atoms with Crippen LogP contribution in [0.25, 0.3) is 0 Å². The summed E-state index contributed by atoms with van der Waals surface area (Å²) in [6.45, 7) is 13.5. The molecule has 0 atom stereocenters. The summed E-state index contributed by atoms with van der Waals surface area (Å²) in [5.41, 5.74) is 1.26. The van der Waals surface area contributed by atoms with Crippen molar-refractivity contribution >= 4 is 5.82 Å². The van der Waals surface area contributed by atoms with Crippen LogP contribution in [0.15, 0.2) is 18.3 Å². The molecule has 21 heavy (non-hydrogen) atoms. The third-order valence-corrected chi connectivity index (χ3v) is 3.14. The minimum atomic E-state index is 0.625. The van der Waals surface area contributed by atoms with Crippen molar-refractivity contribution in [2.45, 2.75) is 34.2 Å². The lowest BCUT2D eigenvalue weighted by Crippen LogP contribution is -2.33. The minimum absolute atomic E-state index is 0.625. The third-order valence-electron chi connectivity index (χ3n) is 3.14. The molecule has 0 radical (unpaired) electrons. The van der Waals surface area contributed by atoms with Gasteiger partial charge in [0.2, 0.25) is 0 Å². The van der Waals surface area contributed by atoms with Crippen molar-refractivity contribution in [3.05, 3.63) is 23.9 Å². The number of hydrogen-bond acceptors (Lipinski definition) is 4. The molecule has 1 heterocycles. The van der Waals surface area contributed by atoms with E-state index < -0.39 is 0 Å². The number of nitrogens with one attached hydrogen (secondary N) is 1. The average molecular weight is 293 g/mol. The molecule has 1 N–H and O–H groups in total. The van der Waals surface area contributed by atoms with Crippen molar-refractivity contribution in [2.75, 3.05) is 38.3 Å². The van der Waals surface area contributed by atoms with Gasteiger partial charge >= 0.3 is 0 Å². The lowest BCUT2D eigenvalue weighted by molar-refractivity contribution is 0.199. The highest BCUT2D eigenvalue weighted by atomic mass is 16.5. The maximum atomic E-state index is 5.07. The van der Waals surface area contributed by atoms with E-state index in [4.69, 9.17) is 4.74 Å². The van der Waals surface area contributed by atoms with E-state index in [9.17, 15) is 0 Å². The fourth-order valence-corrected chi connectivity index (χ4v) is 2.38. The Balaban J connectivity index is 2.80. The van der Waals surface area contributed by atoms with E-state index in [0.717, 1.165) is 38.6 Å². The second kappa shape index (κ2) is 9.74. The van der Waals surface area contributed by atoms with Gasteiger partial charge in [-0.2, -0.15) is 0 Å². The molecule has 0 unspecified atom stereocenters. The van der Waals surface area contributed by atoms with Gasteiger partial charge in [0, 0.05) is 45.0 Å². The summed E-state index contributed by atoms with van der Waals surface area (Å²) in [7, 11) is 1.73. The molecule has 4 nitrogen and oxygen atoms in total. The zero-order valence-electron chi connectivity index (χ0n) is 14.2. The Kier molecular flexibility index (Phi) is 8.31. The Morgan fingerprint density at radius 1 is 1.19 bits per heavy atom. The van der Waals surface area contributed by atoms with Crippen molar-refractivity contribution in [1.29, 1.82) is 0 Å². The summed E-state index contributed by atoms with van der Waals surface area (Å²) in [4.78, 5) is 7.06. The highest BCUT2D eigenvalue weighted by Gasteiger charge is 2.15. The molecule has 1 rings (SSSR count). The predicted molar refractivity (Wildman–Crippen MR) is 89.7 cm³/mol. The summed E-state index contributed by atoms with van der Waals surface area (Å²) in [6, 6.07) is 4.18. The third kappa shape index (κ3) is 6.91. The standard InChI is InChI=1S/C17H31N3O/c1-14(2)12-20(13-15(3)4)17-16(7-6-8-19-17)11-18-9-10-21-5/h6-8,14-15,18H,9-13H2,1-5H3. The maximum absolute atomic E-state index is 5.07. The van der Waals surface area contributed by atoms with E-state index in [-0.39, 0.29) is 0 Å². The molecule has 4 heteroatoms. The van der Waals surface area contributed by atoms with Crippen molar-refractivity contribution in [3.8, 4) is 0 Å². The molecule has 0 saturated heterocycles. The monoisotopic (exact) mass is 293 g/mol. The zero-order chi connectivity index (χ0) is 15.7. The molecule has 1 aromatic rings. The normalized spacial score (nSPS) is 11.4. The Hall–Kier alpha value is -1.13. The molecule has 0 aliphatic carbocycles. The number of ether oxygens (including phenoxy) is 1. The molecule has 0 saturated carbocycles. The zero-order valence-corrected chi connectivity index (χ0v) is 14.2. The summed E-state index contributed by atoms with van der Waals surface area (Å²) in [6.07, 6.45) is 1.89. The van der Waals surface area contributed by atoms with E-state index in [1.807, 2.05) is 12.3 Å². The van der Waals surface area contributed by atoms with E-state index in [0.29, 0.717) is 11.8 Å². The Labute approximate surface area is 129 Å². The second-order valence-electron chi connectivity index (χ2n) is 6.35. The van der Waals surface area contributed by atoms with Crippen LogP contribution in [-0.4, -0.2) is 38.3 Å².